The molecule has 7 heteroatoms. The van der Waals surface area contributed by atoms with Gasteiger partial charge in [0.1, 0.15) is 30.0 Å². The van der Waals surface area contributed by atoms with Gasteiger partial charge in [-0.05, 0) is 68.0 Å². The molecule has 2 aliphatic rings. The lowest BCUT2D eigenvalue weighted by molar-refractivity contribution is -0.140. The van der Waals surface area contributed by atoms with Crippen LogP contribution in [0.1, 0.15) is 35.2 Å². The molecule has 7 nitrogen and oxygen atoms in total. The minimum atomic E-state index is -0.737. The van der Waals surface area contributed by atoms with Gasteiger partial charge in [0.15, 0.2) is 0 Å². The summed E-state index contributed by atoms with van der Waals surface area (Å²) in [5, 5.41) is 11.5. The first kappa shape index (κ1) is 25.5. The SMILES string of the molecule is C[C@H]1Cc2cc(/C(O)=C3\C(=O)C(=O)N(CCN(C)C)[C@@H]3c3cccc(OCc4ccccc4)c3)ccc2O1. The molecule has 2 atom stereocenters. The molecule has 0 aromatic heterocycles. The van der Waals surface area contributed by atoms with E-state index >= 15 is 0 Å². The summed E-state index contributed by atoms with van der Waals surface area (Å²) in [6.07, 6.45) is 0.773. The van der Waals surface area contributed by atoms with Crippen molar-refractivity contribution in [3.63, 3.8) is 0 Å². The van der Waals surface area contributed by atoms with Crippen LogP contribution in [0.25, 0.3) is 5.76 Å². The van der Waals surface area contributed by atoms with Gasteiger partial charge in [-0.3, -0.25) is 9.59 Å². The third-order valence-corrected chi connectivity index (χ3v) is 6.92. The molecule has 0 radical (unpaired) electrons. The number of nitrogens with zero attached hydrogens (tertiary/aromatic N) is 2. The number of benzene rings is 3. The predicted molar refractivity (Wildman–Crippen MR) is 145 cm³/mol. The molecule has 0 saturated carbocycles. The van der Waals surface area contributed by atoms with Crippen LogP contribution in [0.2, 0.25) is 0 Å². The summed E-state index contributed by atoms with van der Waals surface area (Å²) in [6.45, 7) is 3.29. The van der Waals surface area contributed by atoms with Gasteiger partial charge in [0.05, 0.1) is 11.6 Å². The lowest BCUT2D eigenvalue weighted by Gasteiger charge is -2.27. The fourth-order valence-corrected chi connectivity index (χ4v) is 5.01. The number of carbonyl (C=O) groups excluding carboxylic acids is 2. The Balaban J connectivity index is 1.53. The van der Waals surface area contributed by atoms with Gasteiger partial charge in [-0.25, -0.2) is 0 Å². The van der Waals surface area contributed by atoms with E-state index in [2.05, 4.69) is 0 Å². The van der Waals surface area contributed by atoms with E-state index < -0.39 is 17.7 Å². The molecule has 1 fully saturated rings. The molecule has 2 aliphatic heterocycles. The molecule has 3 aromatic rings. The Morgan fingerprint density at radius 2 is 1.84 bits per heavy atom. The number of amides is 1. The molecular formula is C31H32N2O5. The van der Waals surface area contributed by atoms with E-state index in [1.165, 1.54) is 0 Å². The number of hydrogen-bond acceptors (Lipinski definition) is 6. The first-order chi connectivity index (χ1) is 18.3. The fourth-order valence-electron chi connectivity index (χ4n) is 5.01. The number of fused-ring (bicyclic) bond motifs is 1. The van der Waals surface area contributed by atoms with Crippen LogP contribution in [0.15, 0.2) is 78.4 Å². The highest BCUT2D eigenvalue weighted by Gasteiger charge is 2.46. The second-order valence-electron chi connectivity index (χ2n) is 10.1. The number of aliphatic hydroxyl groups is 1. The number of aliphatic hydroxyl groups excluding tert-OH is 1. The highest BCUT2D eigenvalue weighted by molar-refractivity contribution is 6.46. The molecule has 1 saturated heterocycles. The lowest BCUT2D eigenvalue weighted by Crippen LogP contribution is -2.35. The Kier molecular flexibility index (Phi) is 7.20. The quantitative estimate of drug-likeness (QED) is 0.271. The van der Waals surface area contributed by atoms with Crippen molar-refractivity contribution in [3.05, 3.63) is 101 Å². The number of ketones is 1. The molecular weight excluding hydrogens is 480 g/mol. The van der Waals surface area contributed by atoms with Gasteiger partial charge in [-0.15, -0.1) is 0 Å². The first-order valence-corrected chi connectivity index (χ1v) is 12.8. The fraction of sp³-hybridized carbons (Fsp3) is 0.290. The average Bonchev–Trinajstić information content (AvgIpc) is 3.41. The van der Waals surface area contributed by atoms with Crippen LogP contribution in [0, 0.1) is 0 Å². The van der Waals surface area contributed by atoms with E-state index in [0.717, 1.165) is 23.3 Å². The van der Waals surface area contributed by atoms with Crippen molar-refractivity contribution in [2.45, 2.75) is 32.1 Å². The zero-order valence-corrected chi connectivity index (χ0v) is 21.9. The van der Waals surface area contributed by atoms with Crippen LogP contribution >= 0.6 is 0 Å². The topological polar surface area (TPSA) is 79.3 Å². The van der Waals surface area contributed by atoms with Crippen LogP contribution in [0.4, 0.5) is 0 Å². The molecule has 5 rings (SSSR count). The van der Waals surface area contributed by atoms with Gasteiger partial charge in [0.2, 0.25) is 0 Å². The maximum atomic E-state index is 13.4. The van der Waals surface area contributed by atoms with Gasteiger partial charge in [-0.1, -0.05) is 42.5 Å². The standard InChI is InChI=1S/C31H32N2O5/c1-20-16-24-17-23(12-13-26(24)38-20)29(34)27-28(33(15-14-32(2)3)31(36)30(27)35)22-10-7-11-25(18-22)37-19-21-8-5-4-6-9-21/h4-13,17-18,20,28,34H,14-16,19H2,1-3H3/b29-27+/t20-,28+/m0/s1. The lowest BCUT2D eigenvalue weighted by atomic mass is 9.94. The Labute approximate surface area is 222 Å². The number of hydrogen-bond donors (Lipinski definition) is 1. The van der Waals surface area contributed by atoms with Crippen LogP contribution < -0.4 is 9.47 Å². The van der Waals surface area contributed by atoms with Gasteiger partial charge < -0.3 is 24.4 Å². The van der Waals surface area contributed by atoms with Crippen molar-refractivity contribution in [2.75, 3.05) is 27.2 Å². The molecule has 2 heterocycles. The molecule has 1 amide bonds. The summed E-state index contributed by atoms with van der Waals surface area (Å²) < 4.78 is 11.8. The van der Waals surface area contributed by atoms with E-state index in [9.17, 15) is 14.7 Å². The van der Waals surface area contributed by atoms with Gasteiger partial charge >= 0.3 is 0 Å². The minimum absolute atomic E-state index is 0.0534. The molecule has 0 aliphatic carbocycles. The molecule has 196 valence electrons. The zero-order chi connectivity index (χ0) is 26.8. The largest absolute Gasteiger partial charge is 0.507 e. The molecule has 0 bridgehead atoms. The van der Waals surface area contributed by atoms with Gasteiger partial charge in [0.25, 0.3) is 11.7 Å². The van der Waals surface area contributed by atoms with Crippen molar-refractivity contribution in [3.8, 4) is 11.5 Å². The van der Waals surface area contributed by atoms with Crippen molar-refractivity contribution in [2.24, 2.45) is 0 Å². The Morgan fingerprint density at radius 1 is 1.05 bits per heavy atom. The summed E-state index contributed by atoms with van der Waals surface area (Å²) in [5.74, 6) is -0.0914. The number of likely N-dealkylation sites (N-methyl/N-ethyl adjacent to an activating group) is 1. The number of rotatable bonds is 8. The van der Waals surface area contributed by atoms with Crippen LogP contribution in [0.5, 0.6) is 11.5 Å². The summed E-state index contributed by atoms with van der Waals surface area (Å²) in [4.78, 5) is 30.1. The predicted octanol–water partition coefficient (Wildman–Crippen LogP) is 4.57. The molecule has 38 heavy (non-hydrogen) atoms. The highest BCUT2D eigenvalue weighted by Crippen LogP contribution is 2.41. The summed E-state index contributed by atoms with van der Waals surface area (Å²) in [6, 6.07) is 21.9. The molecule has 0 spiro atoms. The second kappa shape index (κ2) is 10.7. The average molecular weight is 513 g/mol. The van der Waals surface area contributed by atoms with Crippen LogP contribution in [-0.2, 0) is 22.6 Å². The van der Waals surface area contributed by atoms with E-state index in [1.54, 1.807) is 11.0 Å². The number of carbonyl (C=O) groups is 2. The third kappa shape index (κ3) is 5.15. The molecule has 3 aromatic carbocycles. The maximum Gasteiger partial charge on any atom is 0.295 e. The Morgan fingerprint density at radius 3 is 2.61 bits per heavy atom. The summed E-state index contributed by atoms with van der Waals surface area (Å²) in [7, 11) is 3.83. The molecule has 0 unspecified atom stereocenters. The van der Waals surface area contributed by atoms with Crippen LogP contribution in [0.3, 0.4) is 0 Å². The van der Waals surface area contributed by atoms with Crippen molar-refractivity contribution >= 4 is 17.4 Å². The van der Waals surface area contributed by atoms with E-state index in [1.807, 2.05) is 92.6 Å². The maximum absolute atomic E-state index is 13.4. The third-order valence-electron chi connectivity index (χ3n) is 6.92. The van der Waals surface area contributed by atoms with Crippen molar-refractivity contribution < 1.29 is 24.2 Å². The Hall–Kier alpha value is -4.10. The summed E-state index contributed by atoms with van der Waals surface area (Å²) >= 11 is 0. The number of Topliss-reactive ketones (excluding diaryl/α,β-unsaturated/α-hetero) is 1. The minimum Gasteiger partial charge on any atom is -0.507 e. The second-order valence-corrected chi connectivity index (χ2v) is 10.1. The van der Waals surface area contributed by atoms with Crippen molar-refractivity contribution in [1.82, 2.24) is 9.80 Å². The van der Waals surface area contributed by atoms with Gasteiger partial charge in [-0.2, -0.15) is 0 Å². The monoisotopic (exact) mass is 512 g/mol. The Bertz CT molecular complexity index is 1380. The van der Waals surface area contributed by atoms with E-state index in [-0.39, 0.29) is 17.4 Å². The van der Waals surface area contributed by atoms with E-state index in [0.29, 0.717) is 36.6 Å². The normalized spacial score (nSPS) is 20.1. The van der Waals surface area contributed by atoms with Crippen LogP contribution in [-0.4, -0.2) is 59.9 Å². The van der Waals surface area contributed by atoms with E-state index in [4.69, 9.17) is 9.47 Å². The highest BCUT2D eigenvalue weighted by atomic mass is 16.5. The first-order valence-electron chi connectivity index (χ1n) is 12.8. The van der Waals surface area contributed by atoms with Crippen molar-refractivity contribution in [1.29, 1.82) is 0 Å². The zero-order valence-electron chi connectivity index (χ0n) is 21.9. The molecule has 1 N–H and O–H groups in total. The van der Waals surface area contributed by atoms with Gasteiger partial charge in [0, 0.05) is 25.1 Å². The number of ether oxygens (including phenoxy) is 2. The summed E-state index contributed by atoms with van der Waals surface area (Å²) in [5.41, 5.74) is 3.28. The smallest absolute Gasteiger partial charge is 0.295 e. The number of likely N-dealkylation sites (tertiary alicyclic amines) is 1.